The predicted molar refractivity (Wildman–Crippen MR) is 86.1 cm³/mol. The zero-order valence-corrected chi connectivity index (χ0v) is 14.0. The van der Waals surface area contributed by atoms with Gasteiger partial charge in [-0.05, 0) is 65.0 Å². The van der Waals surface area contributed by atoms with E-state index in [9.17, 15) is 0 Å². The van der Waals surface area contributed by atoms with E-state index in [1.807, 2.05) is 18.2 Å². The zero-order chi connectivity index (χ0) is 14.1. The number of pyridine rings is 1. The van der Waals surface area contributed by atoms with E-state index in [0.29, 0.717) is 12.4 Å². The third-order valence-electron chi connectivity index (χ3n) is 3.41. The summed E-state index contributed by atoms with van der Waals surface area (Å²) >= 11 is 6.93. The molecule has 0 spiro atoms. The predicted octanol–water partition coefficient (Wildman–Crippen LogP) is 4.35. The number of aromatic nitrogens is 1. The number of hydrogen-bond donors (Lipinski definition) is 1. The number of hydrogen-bond acceptors (Lipinski definition) is 3. The molecule has 0 fully saturated rings. The van der Waals surface area contributed by atoms with Crippen molar-refractivity contribution < 1.29 is 4.74 Å². The fraction of sp³-hybridized carbons (Fsp3) is 0.267. The van der Waals surface area contributed by atoms with Crippen molar-refractivity contribution in [2.24, 2.45) is 5.73 Å². The van der Waals surface area contributed by atoms with Crippen LogP contribution in [0.25, 0.3) is 0 Å². The minimum Gasteiger partial charge on any atom is -0.437 e. The zero-order valence-electron chi connectivity index (χ0n) is 10.8. The Morgan fingerprint density at radius 2 is 2.05 bits per heavy atom. The first-order valence-electron chi connectivity index (χ1n) is 6.52. The van der Waals surface area contributed by atoms with Gasteiger partial charge in [0.2, 0.25) is 5.88 Å². The van der Waals surface area contributed by atoms with Crippen molar-refractivity contribution in [1.29, 1.82) is 0 Å². The normalized spacial score (nSPS) is 13.3. The summed E-state index contributed by atoms with van der Waals surface area (Å²) in [6.07, 6.45) is 3.29. The Hall–Kier alpha value is -0.910. The molecule has 1 aliphatic rings. The second-order valence-electron chi connectivity index (χ2n) is 4.79. The topological polar surface area (TPSA) is 48.1 Å². The molecule has 3 nitrogen and oxygen atoms in total. The van der Waals surface area contributed by atoms with Crippen molar-refractivity contribution >= 4 is 31.9 Å². The molecule has 0 saturated carbocycles. The van der Waals surface area contributed by atoms with Gasteiger partial charge in [0.25, 0.3) is 0 Å². The van der Waals surface area contributed by atoms with E-state index in [2.05, 4.69) is 42.9 Å². The van der Waals surface area contributed by atoms with Gasteiger partial charge in [0, 0.05) is 22.3 Å². The molecule has 0 atom stereocenters. The van der Waals surface area contributed by atoms with E-state index in [4.69, 9.17) is 10.5 Å². The van der Waals surface area contributed by atoms with Crippen molar-refractivity contribution in [1.82, 2.24) is 4.98 Å². The van der Waals surface area contributed by atoms with Crippen molar-refractivity contribution in [3.8, 4) is 11.6 Å². The summed E-state index contributed by atoms with van der Waals surface area (Å²) in [4.78, 5) is 4.65. The van der Waals surface area contributed by atoms with E-state index in [1.54, 1.807) is 0 Å². The molecule has 0 saturated heterocycles. The van der Waals surface area contributed by atoms with Crippen LogP contribution in [0.4, 0.5) is 0 Å². The van der Waals surface area contributed by atoms with Crippen molar-refractivity contribution in [2.45, 2.75) is 25.8 Å². The molecule has 20 heavy (non-hydrogen) atoms. The van der Waals surface area contributed by atoms with Gasteiger partial charge in [0.05, 0.1) is 4.47 Å². The summed E-state index contributed by atoms with van der Waals surface area (Å²) in [5.41, 5.74) is 9.24. The molecule has 1 aromatic heterocycles. The largest absolute Gasteiger partial charge is 0.437 e. The lowest BCUT2D eigenvalue weighted by atomic mass is 10.1. The van der Waals surface area contributed by atoms with Gasteiger partial charge in [0.15, 0.2) is 0 Å². The van der Waals surface area contributed by atoms with E-state index in [1.165, 1.54) is 5.56 Å². The number of fused-ring (bicyclic) bond motifs is 1. The third kappa shape index (κ3) is 2.75. The van der Waals surface area contributed by atoms with Gasteiger partial charge in [-0.15, -0.1) is 0 Å². The fourth-order valence-corrected chi connectivity index (χ4v) is 3.53. The molecular weight excluding hydrogens is 384 g/mol. The lowest BCUT2D eigenvalue weighted by molar-refractivity contribution is 0.451. The van der Waals surface area contributed by atoms with Gasteiger partial charge in [-0.2, -0.15) is 0 Å². The molecule has 1 heterocycles. The Labute approximate surface area is 134 Å². The summed E-state index contributed by atoms with van der Waals surface area (Å²) in [7, 11) is 0. The maximum absolute atomic E-state index is 5.95. The molecule has 3 rings (SSSR count). The Balaban J connectivity index is 1.97. The summed E-state index contributed by atoms with van der Waals surface area (Å²) in [5.74, 6) is 1.37. The van der Waals surface area contributed by atoms with Crippen LogP contribution in [0.3, 0.4) is 0 Å². The number of benzene rings is 1. The fourth-order valence-electron chi connectivity index (χ4n) is 2.40. The van der Waals surface area contributed by atoms with Gasteiger partial charge < -0.3 is 10.5 Å². The second kappa shape index (κ2) is 5.84. The molecule has 0 aliphatic heterocycles. The maximum atomic E-state index is 5.95. The molecule has 5 heteroatoms. The Morgan fingerprint density at radius 3 is 2.80 bits per heavy atom. The SMILES string of the molecule is NCc1cc2c(nc1Oc1ccc(Br)cc1Br)CCC2. The van der Waals surface area contributed by atoms with E-state index in [-0.39, 0.29) is 0 Å². The van der Waals surface area contributed by atoms with E-state index < -0.39 is 0 Å². The molecule has 0 unspecified atom stereocenters. The molecule has 0 radical (unpaired) electrons. The Morgan fingerprint density at radius 1 is 1.20 bits per heavy atom. The lowest BCUT2D eigenvalue weighted by Gasteiger charge is -2.12. The monoisotopic (exact) mass is 396 g/mol. The van der Waals surface area contributed by atoms with Gasteiger partial charge >= 0.3 is 0 Å². The van der Waals surface area contributed by atoms with Crippen LogP contribution in [0.15, 0.2) is 33.2 Å². The number of ether oxygens (including phenoxy) is 1. The summed E-state index contributed by atoms with van der Waals surface area (Å²) < 4.78 is 7.84. The minimum absolute atomic E-state index is 0.434. The Kier molecular flexibility index (Phi) is 4.10. The highest BCUT2D eigenvalue weighted by molar-refractivity contribution is 9.11. The highest BCUT2D eigenvalue weighted by Gasteiger charge is 2.17. The van der Waals surface area contributed by atoms with Crippen LogP contribution in [0.1, 0.15) is 23.2 Å². The van der Waals surface area contributed by atoms with Gasteiger partial charge in [-0.25, -0.2) is 4.98 Å². The standard InChI is InChI=1S/C15H14Br2N2O/c16-11-4-5-14(12(17)7-11)20-15-10(8-18)6-9-2-1-3-13(9)19-15/h4-7H,1-3,8,18H2. The first kappa shape index (κ1) is 14.0. The van der Waals surface area contributed by atoms with E-state index >= 15 is 0 Å². The molecule has 0 bridgehead atoms. The van der Waals surface area contributed by atoms with Gasteiger partial charge in [0.1, 0.15) is 5.75 Å². The average molecular weight is 398 g/mol. The van der Waals surface area contributed by atoms with Crippen LogP contribution in [0.5, 0.6) is 11.6 Å². The number of rotatable bonds is 3. The quantitative estimate of drug-likeness (QED) is 0.837. The first-order valence-corrected chi connectivity index (χ1v) is 8.10. The third-order valence-corrected chi connectivity index (χ3v) is 4.52. The number of aryl methyl sites for hydroxylation is 2. The van der Waals surface area contributed by atoms with E-state index in [0.717, 1.165) is 45.2 Å². The molecule has 1 aliphatic carbocycles. The van der Waals surface area contributed by atoms with Crippen LogP contribution in [0.2, 0.25) is 0 Å². The van der Waals surface area contributed by atoms with Crippen LogP contribution in [-0.2, 0) is 19.4 Å². The number of nitrogens with two attached hydrogens (primary N) is 1. The minimum atomic E-state index is 0.434. The Bertz CT molecular complexity index is 659. The van der Waals surface area contributed by atoms with Crippen molar-refractivity contribution in [3.05, 3.63) is 50.0 Å². The summed E-state index contributed by atoms with van der Waals surface area (Å²) in [5, 5.41) is 0. The smallest absolute Gasteiger partial charge is 0.224 e. The van der Waals surface area contributed by atoms with Crippen LogP contribution in [0, 0.1) is 0 Å². The van der Waals surface area contributed by atoms with Crippen molar-refractivity contribution in [3.63, 3.8) is 0 Å². The van der Waals surface area contributed by atoms with Crippen LogP contribution in [-0.4, -0.2) is 4.98 Å². The molecular formula is C15H14Br2N2O. The van der Waals surface area contributed by atoms with Crippen molar-refractivity contribution in [2.75, 3.05) is 0 Å². The highest BCUT2D eigenvalue weighted by atomic mass is 79.9. The lowest BCUT2D eigenvalue weighted by Crippen LogP contribution is -2.04. The highest BCUT2D eigenvalue weighted by Crippen LogP contribution is 2.34. The maximum Gasteiger partial charge on any atom is 0.224 e. The van der Waals surface area contributed by atoms with Gasteiger partial charge in [-0.3, -0.25) is 0 Å². The van der Waals surface area contributed by atoms with Crippen LogP contribution < -0.4 is 10.5 Å². The average Bonchev–Trinajstić information content (AvgIpc) is 2.88. The second-order valence-corrected chi connectivity index (χ2v) is 6.56. The molecule has 0 amide bonds. The molecule has 104 valence electrons. The number of nitrogens with zero attached hydrogens (tertiary/aromatic N) is 1. The number of halogens is 2. The first-order chi connectivity index (χ1) is 9.67. The molecule has 2 N–H and O–H groups in total. The molecule has 2 aromatic rings. The summed E-state index contributed by atoms with van der Waals surface area (Å²) in [6.45, 7) is 0.434. The van der Waals surface area contributed by atoms with Crippen LogP contribution >= 0.6 is 31.9 Å². The van der Waals surface area contributed by atoms with Gasteiger partial charge in [-0.1, -0.05) is 15.9 Å². The summed E-state index contributed by atoms with van der Waals surface area (Å²) in [6, 6.07) is 7.93. The molecule has 1 aromatic carbocycles.